The van der Waals surface area contributed by atoms with Crippen LogP contribution in [0.4, 0.5) is 0 Å². The lowest BCUT2D eigenvalue weighted by Gasteiger charge is -2.18. The number of carbonyl (C=O) groups excluding carboxylic acids is 2. The topological polar surface area (TPSA) is 77.6 Å². The summed E-state index contributed by atoms with van der Waals surface area (Å²) in [5.41, 5.74) is 0.725. The van der Waals surface area contributed by atoms with Gasteiger partial charge in [0.2, 0.25) is 0 Å². The van der Waals surface area contributed by atoms with Crippen molar-refractivity contribution in [1.29, 1.82) is 0 Å². The van der Waals surface area contributed by atoms with Crippen LogP contribution in [0.15, 0.2) is 36.5 Å². The molecule has 0 amide bonds. The minimum absolute atomic E-state index is 0.299. The predicted octanol–water partition coefficient (Wildman–Crippen LogP) is 1.83. The van der Waals surface area contributed by atoms with Crippen molar-refractivity contribution in [3.8, 4) is 11.5 Å². The van der Waals surface area contributed by atoms with Crippen molar-refractivity contribution in [3.05, 3.63) is 47.8 Å². The van der Waals surface area contributed by atoms with E-state index in [-0.39, 0.29) is 12.4 Å². The fraction of sp³-hybridized carbons (Fsp3) is 0.200. The van der Waals surface area contributed by atoms with Crippen molar-refractivity contribution < 1.29 is 23.8 Å². The summed E-state index contributed by atoms with van der Waals surface area (Å²) in [6.45, 7) is 0.623. The third-order valence-corrected chi connectivity index (χ3v) is 3.02. The molecule has 2 heterocycles. The van der Waals surface area contributed by atoms with Gasteiger partial charge in [-0.1, -0.05) is 0 Å². The van der Waals surface area contributed by atoms with E-state index in [0.717, 1.165) is 0 Å². The first-order chi connectivity index (χ1) is 10.2. The second kappa shape index (κ2) is 5.70. The van der Waals surface area contributed by atoms with Crippen LogP contribution in [0.5, 0.6) is 11.5 Å². The Balaban J connectivity index is 1.64. The summed E-state index contributed by atoms with van der Waals surface area (Å²) in [6, 6.07) is 8.16. The Labute approximate surface area is 120 Å². The number of Topliss-reactive ketones (excluding diaryl/α,β-unsaturated/α-hetero) is 1. The lowest BCUT2D eigenvalue weighted by Crippen LogP contribution is -2.17. The Kier molecular flexibility index (Phi) is 3.59. The smallest absolute Gasteiger partial charge is 0.355 e. The van der Waals surface area contributed by atoms with Gasteiger partial charge in [-0.3, -0.25) is 4.79 Å². The highest BCUT2D eigenvalue weighted by Gasteiger charge is 2.16. The van der Waals surface area contributed by atoms with Crippen LogP contribution in [-0.2, 0) is 4.74 Å². The van der Waals surface area contributed by atoms with Gasteiger partial charge in [-0.25, -0.2) is 4.79 Å². The molecular formula is C15H13NO5. The second-order valence-electron chi connectivity index (χ2n) is 4.44. The van der Waals surface area contributed by atoms with Crippen LogP contribution in [-0.4, -0.2) is 36.6 Å². The Morgan fingerprint density at radius 3 is 2.71 bits per heavy atom. The molecule has 6 heteroatoms. The summed E-state index contributed by atoms with van der Waals surface area (Å²) in [4.78, 5) is 26.4. The maximum absolute atomic E-state index is 12.0. The van der Waals surface area contributed by atoms with Gasteiger partial charge in [0.15, 0.2) is 23.9 Å². The van der Waals surface area contributed by atoms with Crippen LogP contribution in [0.25, 0.3) is 0 Å². The summed E-state index contributed by atoms with van der Waals surface area (Å²) in [5, 5.41) is 0. The van der Waals surface area contributed by atoms with E-state index in [0.29, 0.717) is 36.0 Å². The highest BCUT2D eigenvalue weighted by Crippen LogP contribution is 2.30. The first-order valence-electron chi connectivity index (χ1n) is 6.47. The molecule has 0 aliphatic carbocycles. The summed E-state index contributed by atoms with van der Waals surface area (Å²) in [5.74, 6) is 0.279. The normalized spacial score (nSPS) is 12.8. The standard InChI is InChI=1S/C15H13NO5/c17-12(9-21-15(18)11-2-1-5-16-11)10-3-4-13-14(8-10)20-7-6-19-13/h1-5,8,16H,6-7,9H2. The minimum Gasteiger partial charge on any atom is -0.486 e. The Morgan fingerprint density at radius 1 is 1.14 bits per heavy atom. The number of H-pyrrole nitrogens is 1. The summed E-state index contributed by atoms with van der Waals surface area (Å²) < 4.78 is 15.7. The lowest BCUT2D eigenvalue weighted by atomic mass is 10.1. The molecule has 3 rings (SSSR count). The highest BCUT2D eigenvalue weighted by molar-refractivity contribution is 5.99. The molecule has 1 N–H and O–H groups in total. The second-order valence-corrected chi connectivity index (χ2v) is 4.44. The van der Waals surface area contributed by atoms with Gasteiger partial charge in [0.05, 0.1) is 0 Å². The highest BCUT2D eigenvalue weighted by atomic mass is 16.6. The fourth-order valence-corrected chi connectivity index (χ4v) is 1.97. The molecule has 1 aromatic heterocycles. The fourth-order valence-electron chi connectivity index (χ4n) is 1.97. The van der Waals surface area contributed by atoms with Crippen molar-refractivity contribution in [1.82, 2.24) is 4.98 Å². The molecule has 0 fully saturated rings. The Bertz CT molecular complexity index is 663. The first-order valence-corrected chi connectivity index (χ1v) is 6.47. The average Bonchev–Trinajstić information content (AvgIpc) is 3.06. The molecule has 2 aromatic rings. The van der Waals surface area contributed by atoms with E-state index < -0.39 is 5.97 Å². The zero-order chi connectivity index (χ0) is 14.7. The number of aromatic nitrogens is 1. The van der Waals surface area contributed by atoms with Crippen molar-refractivity contribution in [2.24, 2.45) is 0 Å². The van der Waals surface area contributed by atoms with Crippen molar-refractivity contribution >= 4 is 11.8 Å². The molecule has 0 bridgehead atoms. The molecule has 1 aromatic carbocycles. The molecule has 0 radical (unpaired) electrons. The van der Waals surface area contributed by atoms with E-state index in [2.05, 4.69) is 4.98 Å². The first kappa shape index (κ1) is 13.2. The molecule has 0 spiro atoms. The number of nitrogens with one attached hydrogen (secondary N) is 1. The number of carbonyl (C=O) groups is 2. The van der Waals surface area contributed by atoms with Crippen LogP contribution in [0.3, 0.4) is 0 Å². The van der Waals surface area contributed by atoms with Gasteiger partial charge in [-0.15, -0.1) is 0 Å². The zero-order valence-corrected chi connectivity index (χ0v) is 11.1. The molecule has 1 aliphatic rings. The van der Waals surface area contributed by atoms with E-state index in [1.807, 2.05) is 0 Å². The van der Waals surface area contributed by atoms with E-state index in [1.54, 1.807) is 36.5 Å². The Morgan fingerprint density at radius 2 is 1.95 bits per heavy atom. The number of ether oxygens (including phenoxy) is 3. The SMILES string of the molecule is O=C(COC(=O)c1ccc[nH]1)c1ccc2c(c1)OCCO2. The number of benzene rings is 1. The Hall–Kier alpha value is -2.76. The zero-order valence-electron chi connectivity index (χ0n) is 11.1. The van der Waals surface area contributed by atoms with E-state index in [4.69, 9.17) is 14.2 Å². The molecular weight excluding hydrogens is 274 g/mol. The van der Waals surface area contributed by atoms with Crippen molar-refractivity contribution in [2.45, 2.75) is 0 Å². The van der Waals surface area contributed by atoms with Gasteiger partial charge in [0.1, 0.15) is 18.9 Å². The van der Waals surface area contributed by atoms with E-state index >= 15 is 0 Å². The van der Waals surface area contributed by atoms with Crippen LogP contribution in [0.2, 0.25) is 0 Å². The monoisotopic (exact) mass is 287 g/mol. The van der Waals surface area contributed by atoms with Gasteiger partial charge in [-0.05, 0) is 30.3 Å². The number of esters is 1. The number of aromatic amines is 1. The van der Waals surface area contributed by atoms with Crippen LogP contribution < -0.4 is 9.47 Å². The molecule has 1 aliphatic heterocycles. The quantitative estimate of drug-likeness (QED) is 0.685. The average molecular weight is 287 g/mol. The van der Waals surface area contributed by atoms with Gasteiger partial charge in [0, 0.05) is 11.8 Å². The number of hydrogen-bond acceptors (Lipinski definition) is 5. The molecule has 0 atom stereocenters. The van der Waals surface area contributed by atoms with Gasteiger partial charge in [-0.2, -0.15) is 0 Å². The molecule has 108 valence electrons. The van der Waals surface area contributed by atoms with Crippen molar-refractivity contribution in [3.63, 3.8) is 0 Å². The summed E-state index contributed by atoms with van der Waals surface area (Å²) in [7, 11) is 0. The number of hydrogen-bond donors (Lipinski definition) is 1. The molecule has 6 nitrogen and oxygen atoms in total. The minimum atomic E-state index is -0.564. The molecule has 0 unspecified atom stereocenters. The maximum atomic E-state index is 12.0. The van der Waals surface area contributed by atoms with Crippen LogP contribution >= 0.6 is 0 Å². The summed E-state index contributed by atoms with van der Waals surface area (Å²) in [6.07, 6.45) is 1.61. The van der Waals surface area contributed by atoms with E-state index in [1.165, 1.54) is 0 Å². The van der Waals surface area contributed by atoms with Gasteiger partial charge >= 0.3 is 5.97 Å². The predicted molar refractivity (Wildman–Crippen MR) is 72.8 cm³/mol. The molecule has 0 saturated heterocycles. The molecule has 21 heavy (non-hydrogen) atoms. The van der Waals surface area contributed by atoms with Gasteiger partial charge in [0.25, 0.3) is 0 Å². The van der Waals surface area contributed by atoms with Gasteiger partial charge < -0.3 is 19.2 Å². The third-order valence-electron chi connectivity index (χ3n) is 3.02. The van der Waals surface area contributed by atoms with Crippen LogP contribution in [0, 0.1) is 0 Å². The largest absolute Gasteiger partial charge is 0.486 e. The molecule has 0 saturated carbocycles. The lowest BCUT2D eigenvalue weighted by molar-refractivity contribution is 0.0469. The van der Waals surface area contributed by atoms with Crippen molar-refractivity contribution in [2.75, 3.05) is 19.8 Å². The third kappa shape index (κ3) is 2.89. The summed E-state index contributed by atoms with van der Waals surface area (Å²) >= 11 is 0. The van der Waals surface area contributed by atoms with Crippen LogP contribution in [0.1, 0.15) is 20.8 Å². The number of ketones is 1. The number of fused-ring (bicyclic) bond motifs is 1. The maximum Gasteiger partial charge on any atom is 0.355 e. The number of rotatable bonds is 4. The van der Waals surface area contributed by atoms with E-state index in [9.17, 15) is 9.59 Å².